The number of nitrogens with one attached hydrogen (secondary N) is 1. The molecular weight excluding hydrogens is 355 g/mol. The predicted molar refractivity (Wildman–Crippen MR) is 95.5 cm³/mol. The van der Waals surface area contributed by atoms with Gasteiger partial charge in [-0.2, -0.15) is 0 Å². The molecule has 1 aliphatic heterocycles. The van der Waals surface area contributed by atoms with Crippen molar-refractivity contribution in [1.29, 1.82) is 0 Å². The van der Waals surface area contributed by atoms with Crippen LogP contribution in [-0.2, 0) is 0 Å². The third-order valence-corrected chi connectivity index (χ3v) is 6.26. The maximum atomic E-state index is 4.84. The second-order valence-electron chi connectivity index (χ2n) is 5.18. The van der Waals surface area contributed by atoms with Gasteiger partial charge in [0.15, 0.2) is 0 Å². The van der Waals surface area contributed by atoms with Gasteiger partial charge in [0.25, 0.3) is 0 Å². The van der Waals surface area contributed by atoms with Crippen LogP contribution in [0.5, 0.6) is 0 Å². The predicted octanol–water partition coefficient (Wildman–Crippen LogP) is 2.74. The van der Waals surface area contributed by atoms with Gasteiger partial charge in [0, 0.05) is 0 Å². The zero-order valence-electron chi connectivity index (χ0n) is 12.1. The molecule has 0 saturated heterocycles. The van der Waals surface area contributed by atoms with E-state index in [1.165, 1.54) is 15.0 Å². The van der Waals surface area contributed by atoms with Gasteiger partial charge >= 0.3 is 141 Å². The van der Waals surface area contributed by atoms with Crippen molar-refractivity contribution in [3.05, 3.63) is 57.8 Å². The molecule has 2 aromatic heterocycles. The number of H-pyrrole nitrogens is 1. The first-order chi connectivity index (χ1) is 10.7. The average Bonchev–Trinajstić information content (AvgIpc) is 3.12. The fraction of sp³-hybridized carbons (Fsp3) is 0.125. The molecule has 6 heteroatoms. The van der Waals surface area contributed by atoms with Crippen LogP contribution in [0.4, 0.5) is 5.69 Å². The van der Waals surface area contributed by atoms with Crippen LogP contribution in [0.2, 0.25) is 0 Å². The van der Waals surface area contributed by atoms with Crippen molar-refractivity contribution in [1.82, 2.24) is 15.0 Å². The molecule has 22 heavy (non-hydrogen) atoms. The number of fused-ring (bicyclic) bond motifs is 1. The Bertz CT molecular complexity index is 872. The molecule has 110 valence electrons. The molecule has 0 bridgehead atoms. The number of thioether (sulfide) groups is 1. The van der Waals surface area contributed by atoms with E-state index in [1.54, 1.807) is 23.0 Å². The molecule has 1 N–H and O–H groups in total. The van der Waals surface area contributed by atoms with Crippen LogP contribution in [0.1, 0.15) is 11.4 Å². The van der Waals surface area contributed by atoms with Crippen molar-refractivity contribution in [3.8, 4) is 0 Å². The second kappa shape index (κ2) is 5.49. The molecule has 0 saturated carbocycles. The van der Waals surface area contributed by atoms with Gasteiger partial charge in [-0.1, -0.05) is 0 Å². The van der Waals surface area contributed by atoms with Gasteiger partial charge in [-0.3, -0.25) is 0 Å². The Hall–Kier alpha value is -1.71. The summed E-state index contributed by atoms with van der Waals surface area (Å²) in [5.74, 6) is 1.85. The van der Waals surface area contributed by atoms with E-state index in [0.717, 1.165) is 28.4 Å². The molecule has 1 unspecified atom stereocenters. The van der Waals surface area contributed by atoms with Crippen LogP contribution < -0.4 is 4.90 Å². The van der Waals surface area contributed by atoms with Crippen molar-refractivity contribution >= 4 is 51.0 Å². The van der Waals surface area contributed by atoms with Crippen LogP contribution in [0, 0.1) is 6.92 Å². The van der Waals surface area contributed by atoms with Gasteiger partial charge in [0.1, 0.15) is 0 Å². The van der Waals surface area contributed by atoms with Crippen LogP contribution in [0.3, 0.4) is 0 Å². The normalized spacial score (nSPS) is 15.1. The molecule has 3 aromatic rings. The van der Waals surface area contributed by atoms with Crippen LogP contribution in [0.15, 0.2) is 46.4 Å². The molecule has 0 aliphatic carbocycles. The zero-order chi connectivity index (χ0) is 15.1. The number of benzene rings is 1. The SMILES string of the molecule is Cc1cccc2[nH]c(C3=C([AsH2])SCN3c3cccnc3)nc12. The van der Waals surface area contributed by atoms with Crippen molar-refractivity contribution in [3.63, 3.8) is 0 Å². The summed E-state index contributed by atoms with van der Waals surface area (Å²) in [5, 5.41) is 0. The van der Waals surface area contributed by atoms with Crippen LogP contribution in [0.25, 0.3) is 16.7 Å². The summed E-state index contributed by atoms with van der Waals surface area (Å²) in [6, 6.07) is 10.3. The Morgan fingerprint density at radius 3 is 2.95 bits per heavy atom. The summed E-state index contributed by atoms with van der Waals surface area (Å²) in [7, 11) is 0. The van der Waals surface area contributed by atoms with E-state index in [2.05, 4.69) is 46.1 Å². The topological polar surface area (TPSA) is 44.8 Å². The first kappa shape index (κ1) is 13.9. The number of imidazole rings is 1. The second-order valence-corrected chi connectivity index (χ2v) is 8.26. The summed E-state index contributed by atoms with van der Waals surface area (Å²) < 4.78 is 1.34. The Morgan fingerprint density at radius 2 is 2.18 bits per heavy atom. The van der Waals surface area contributed by atoms with Gasteiger partial charge in [0.2, 0.25) is 0 Å². The Balaban J connectivity index is 1.84. The number of nitrogens with zero attached hydrogens (tertiary/aromatic N) is 3. The summed E-state index contributed by atoms with van der Waals surface area (Å²) >= 11 is 3.50. The summed E-state index contributed by atoms with van der Waals surface area (Å²) in [6.45, 7) is 2.10. The van der Waals surface area contributed by atoms with Crippen molar-refractivity contribution in [2.24, 2.45) is 0 Å². The number of rotatable bonds is 2. The van der Waals surface area contributed by atoms with E-state index in [9.17, 15) is 0 Å². The van der Waals surface area contributed by atoms with Gasteiger partial charge < -0.3 is 0 Å². The minimum atomic E-state index is 0.907. The number of anilines is 1. The number of aromatic nitrogens is 3. The number of hydrogen-bond donors (Lipinski definition) is 1. The molecule has 3 heterocycles. The van der Waals surface area contributed by atoms with Gasteiger partial charge in [-0.15, -0.1) is 0 Å². The van der Waals surface area contributed by atoms with Crippen LogP contribution >= 0.6 is 11.8 Å². The van der Waals surface area contributed by atoms with Crippen molar-refractivity contribution in [2.45, 2.75) is 6.92 Å². The van der Waals surface area contributed by atoms with Crippen molar-refractivity contribution in [2.75, 3.05) is 10.8 Å². The van der Waals surface area contributed by atoms with E-state index in [4.69, 9.17) is 4.98 Å². The number of hydrogen-bond acceptors (Lipinski definition) is 4. The molecule has 0 amide bonds. The Kier molecular flexibility index (Phi) is 3.47. The van der Waals surface area contributed by atoms with Gasteiger partial charge in [-0.25, -0.2) is 0 Å². The van der Waals surface area contributed by atoms with E-state index in [1.807, 2.05) is 24.0 Å². The first-order valence-corrected chi connectivity index (χ1v) is 9.19. The monoisotopic (exact) mass is 370 g/mol. The van der Waals surface area contributed by atoms with E-state index in [0.29, 0.717) is 0 Å². The Labute approximate surface area is 141 Å². The summed E-state index contributed by atoms with van der Waals surface area (Å²) in [5.41, 5.74) is 5.62. The first-order valence-electron chi connectivity index (χ1n) is 7.00. The summed E-state index contributed by atoms with van der Waals surface area (Å²) in [4.78, 5) is 14.8. The number of aryl methyl sites for hydroxylation is 1. The quantitative estimate of drug-likeness (QED) is 0.705. The standard InChI is InChI=1S/C16H15AsN4S/c1-10-4-2-6-12-13(10)20-16(19-12)14-15(17)22-9-21(14)11-5-3-7-18-8-11/h2-8H,9,17H2,1H3,(H,19,20). The minimum absolute atomic E-state index is 0.907. The number of pyridine rings is 1. The molecule has 4 nitrogen and oxygen atoms in total. The van der Waals surface area contributed by atoms with Crippen LogP contribution in [-0.4, -0.2) is 37.7 Å². The molecule has 4 rings (SSSR count). The third-order valence-electron chi connectivity index (χ3n) is 3.75. The van der Waals surface area contributed by atoms with Gasteiger partial charge in [0.05, 0.1) is 0 Å². The molecule has 1 aliphatic rings. The van der Waals surface area contributed by atoms with E-state index < -0.39 is 0 Å². The van der Waals surface area contributed by atoms with Gasteiger partial charge in [-0.05, 0) is 0 Å². The molecular formula is C16H15AsN4S. The summed E-state index contributed by atoms with van der Waals surface area (Å²) in [6.07, 6.45) is 3.71. The molecule has 1 aromatic carbocycles. The zero-order valence-corrected chi connectivity index (χ0v) is 15.3. The maximum absolute atomic E-state index is 4.84. The number of aromatic amines is 1. The molecule has 0 radical (unpaired) electrons. The fourth-order valence-corrected chi connectivity index (χ4v) is 4.62. The van der Waals surface area contributed by atoms with E-state index >= 15 is 0 Å². The molecule has 0 spiro atoms. The Morgan fingerprint density at radius 1 is 1.27 bits per heavy atom. The van der Waals surface area contributed by atoms with E-state index in [-0.39, 0.29) is 0 Å². The third kappa shape index (κ3) is 2.25. The average molecular weight is 370 g/mol. The number of para-hydroxylation sites is 1. The van der Waals surface area contributed by atoms with Crippen molar-refractivity contribution < 1.29 is 0 Å². The molecule has 1 atom stereocenters. The fourth-order valence-electron chi connectivity index (χ4n) is 2.65. The molecule has 0 fully saturated rings.